The first-order chi connectivity index (χ1) is 11.5. The molecule has 1 fully saturated rings. The number of nitrogens with zero attached hydrogens (tertiary/aromatic N) is 3. The molecule has 0 aliphatic carbocycles. The van der Waals surface area contributed by atoms with Crippen LogP contribution >= 0.6 is 0 Å². The molecule has 0 bridgehead atoms. The number of nitro groups is 1. The number of carbonyl (C=O) groups excluding carboxylic acids is 2. The van der Waals surface area contributed by atoms with Gasteiger partial charge in [-0.1, -0.05) is 0 Å². The number of aromatic nitrogens is 1. The molecule has 10 nitrogen and oxygen atoms in total. The van der Waals surface area contributed by atoms with Crippen LogP contribution in [0.4, 0.5) is 11.6 Å². The van der Waals surface area contributed by atoms with Crippen molar-refractivity contribution in [1.82, 2.24) is 10.3 Å². The van der Waals surface area contributed by atoms with Gasteiger partial charge >= 0.3 is 5.82 Å². The average molecular weight is 336 g/mol. The van der Waals surface area contributed by atoms with Gasteiger partial charge in [0.2, 0.25) is 5.91 Å². The van der Waals surface area contributed by atoms with Gasteiger partial charge in [0.1, 0.15) is 6.54 Å². The molecule has 0 spiro atoms. The molecule has 0 radical (unpaired) electrons. The Bertz CT molecular complexity index is 673. The SMILES string of the molecule is O=C(CN1C(=O)COc2ccc([N+](=O)[O-])nc21)NCC1CCCO1. The number of carbonyl (C=O) groups is 2. The molecule has 2 aliphatic rings. The predicted octanol–water partition coefficient (Wildman–Crippen LogP) is 0.0104. The summed E-state index contributed by atoms with van der Waals surface area (Å²) in [5.74, 6) is -1.08. The number of pyridine rings is 1. The minimum atomic E-state index is -0.672. The van der Waals surface area contributed by atoms with Crippen molar-refractivity contribution in [2.75, 3.05) is 31.2 Å². The number of hydrogen-bond acceptors (Lipinski definition) is 7. The summed E-state index contributed by atoms with van der Waals surface area (Å²) in [6, 6.07) is 2.55. The van der Waals surface area contributed by atoms with Crippen LogP contribution in [0.2, 0.25) is 0 Å². The molecule has 1 unspecified atom stereocenters. The van der Waals surface area contributed by atoms with E-state index >= 15 is 0 Å². The van der Waals surface area contributed by atoms with E-state index in [0.29, 0.717) is 13.2 Å². The summed E-state index contributed by atoms with van der Waals surface area (Å²) in [7, 11) is 0. The van der Waals surface area contributed by atoms with Crippen LogP contribution in [0.15, 0.2) is 12.1 Å². The maximum atomic E-state index is 12.1. The highest BCUT2D eigenvalue weighted by Gasteiger charge is 2.33. The van der Waals surface area contributed by atoms with E-state index in [1.54, 1.807) is 0 Å². The summed E-state index contributed by atoms with van der Waals surface area (Å²) in [5, 5.41) is 13.6. The Kier molecular flexibility index (Phi) is 4.56. The average Bonchev–Trinajstić information content (AvgIpc) is 3.08. The molecule has 2 amide bonds. The lowest BCUT2D eigenvalue weighted by molar-refractivity contribution is -0.389. The minimum absolute atomic E-state index is 0.0131. The Labute approximate surface area is 136 Å². The molecule has 128 valence electrons. The zero-order valence-electron chi connectivity index (χ0n) is 12.8. The summed E-state index contributed by atoms with van der Waals surface area (Å²) in [4.78, 5) is 39.2. The number of anilines is 1. The second kappa shape index (κ2) is 6.79. The molecular formula is C14H16N4O6. The van der Waals surface area contributed by atoms with Crippen LogP contribution in [0.3, 0.4) is 0 Å². The molecule has 10 heteroatoms. The number of amides is 2. The third-order valence-electron chi connectivity index (χ3n) is 3.77. The number of fused-ring (bicyclic) bond motifs is 1. The van der Waals surface area contributed by atoms with Crippen LogP contribution in [0.25, 0.3) is 0 Å². The molecule has 1 aromatic heterocycles. The van der Waals surface area contributed by atoms with Gasteiger partial charge in [0.25, 0.3) is 11.7 Å². The van der Waals surface area contributed by atoms with Gasteiger partial charge in [-0.05, 0) is 28.8 Å². The summed E-state index contributed by atoms with van der Waals surface area (Å²) in [6.45, 7) is 0.525. The lowest BCUT2D eigenvalue weighted by Gasteiger charge is -2.25. The van der Waals surface area contributed by atoms with E-state index < -0.39 is 16.6 Å². The lowest BCUT2D eigenvalue weighted by atomic mass is 10.2. The lowest BCUT2D eigenvalue weighted by Crippen LogP contribution is -2.46. The highest BCUT2D eigenvalue weighted by atomic mass is 16.6. The van der Waals surface area contributed by atoms with Crippen LogP contribution in [0.5, 0.6) is 5.75 Å². The second-order valence-corrected chi connectivity index (χ2v) is 5.46. The van der Waals surface area contributed by atoms with E-state index in [-0.39, 0.29) is 36.7 Å². The molecule has 1 atom stereocenters. The smallest absolute Gasteiger partial charge is 0.366 e. The fourth-order valence-corrected chi connectivity index (χ4v) is 2.56. The van der Waals surface area contributed by atoms with Crippen molar-refractivity contribution in [1.29, 1.82) is 0 Å². The highest BCUT2D eigenvalue weighted by molar-refractivity contribution is 6.01. The zero-order chi connectivity index (χ0) is 17.1. The molecule has 24 heavy (non-hydrogen) atoms. The molecular weight excluding hydrogens is 320 g/mol. The number of nitrogens with one attached hydrogen (secondary N) is 1. The molecule has 3 heterocycles. The summed E-state index contributed by atoms with van der Waals surface area (Å²) in [6.07, 6.45) is 1.83. The Morgan fingerprint density at radius 3 is 3.04 bits per heavy atom. The third kappa shape index (κ3) is 3.43. The summed E-state index contributed by atoms with van der Waals surface area (Å²) < 4.78 is 10.6. The van der Waals surface area contributed by atoms with E-state index in [1.165, 1.54) is 12.1 Å². The number of ether oxygens (including phenoxy) is 2. The Hall–Kier alpha value is -2.75. The van der Waals surface area contributed by atoms with Gasteiger partial charge in [0.05, 0.1) is 6.10 Å². The van der Waals surface area contributed by atoms with E-state index in [1.807, 2.05) is 0 Å². The van der Waals surface area contributed by atoms with Gasteiger partial charge in [0.15, 0.2) is 12.4 Å². The molecule has 3 rings (SSSR count). The van der Waals surface area contributed by atoms with Crippen LogP contribution in [0.1, 0.15) is 12.8 Å². The van der Waals surface area contributed by atoms with E-state index in [2.05, 4.69) is 10.3 Å². The number of hydrogen-bond donors (Lipinski definition) is 1. The van der Waals surface area contributed by atoms with Crippen molar-refractivity contribution in [3.8, 4) is 5.75 Å². The maximum absolute atomic E-state index is 12.1. The molecule has 1 aromatic rings. The van der Waals surface area contributed by atoms with Crippen molar-refractivity contribution in [3.63, 3.8) is 0 Å². The Morgan fingerprint density at radius 2 is 2.33 bits per heavy atom. The van der Waals surface area contributed by atoms with Crippen LogP contribution < -0.4 is 15.0 Å². The Balaban J connectivity index is 1.70. The molecule has 2 aliphatic heterocycles. The normalized spacial score (nSPS) is 19.6. The topological polar surface area (TPSA) is 124 Å². The quantitative estimate of drug-likeness (QED) is 0.593. The van der Waals surface area contributed by atoms with Crippen molar-refractivity contribution in [2.24, 2.45) is 0 Å². The van der Waals surface area contributed by atoms with Gasteiger partial charge < -0.3 is 24.9 Å². The van der Waals surface area contributed by atoms with Gasteiger partial charge in [-0.15, -0.1) is 0 Å². The first kappa shape index (κ1) is 16.1. The van der Waals surface area contributed by atoms with E-state index in [4.69, 9.17) is 9.47 Å². The van der Waals surface area contributed by atoms with Crippen LogP contribution in [-0.4, -0.2) is 54.1 Å². The fourth-order valence-electron chi connectivity index (χ4n) is 2.56. The van der Waals surface area contributed by atoms with Crippen molar-refractivity contribution < 1.29 is 24.0 Å². The molecule has 1 saturated heterocycles. The predicted molar refractivity (Wildman–Crippen MR) is 80.7 cm³/mol. The van der Waals surface area contributed by atoms with Gasteiger partial charge in [-0.2, -0.15) is 0 Å². The standard InChI is InChI=1S/C14H16N4O6/c19-12(15-6-9-2-1-5-23-9)7-17-13(20)8-24-10-3-4-11(18(21)22)16-14(10)17/h3-4,9H,1-2,5-8H2,(H,15,19). The summed E-state index contributed by atoms with van der Waals surface area (Å²) in [5.41, 5.74) is 0. The van der Waals surface area contributed by atoms with Crippen LogP contribution in [-0.2, 0) is 14.3 Å². The second-order valence-electron chi connectivity index (χ2n) is 5.46. The number of rotatable bonds is 5. The van der Waals surface area contributed by atoms with Crippen molar-refractivity contribution >= 4 is 23.5 Å². The van der Waals surface area contributed by atoms with E-state index in [0.717, 1.165) is 17.7 Å². The third-order valence-corrected chi connectivity index (χ3v) is 3.77. The minimum Gasteiger partial charge on any atom is -0.477 e. The van der Waals surface area contributed by atoms with Crippen LogP contribution in [0, 0.1) is 10.1 Å². The van der Waals surface area contributed by atoms with Crippen molar-refractivity contribution in [3.05, 3.63) is 22.2 Å². The van der Waals surface area contributed by atoms with Gasteiger partial charge in [-0.25, -0.2) is 0 Å². The van der Waals surface area contributed by atoms with Gasteiger partial charge in [-0.3, -0.25) is 14.5 Å². The Morgan fingerprint density at radius 1 is 1.50 bits per heavy atom. The monoisotopic (exact) mass is 336 g/mol. The molecule has 0 saturated carbocycles. The fraction of sp³-hybridized carbons (Fsp3) is 0.500. The first-order valence-corrected chi connectivity index (χ1v) is 7.51. The molecule has 0 aromatic carbocycles. The first-order valence-electron chi connectivity index (χ1n) is 7.51. The maximum Gasteiger partial charge on any atom is 0.366 e. The molecule has 1 N–H and O–H groups in total. The van der Waals surface area contributed by atoms with E-state index in [9.17, 15) is 19.7 Å². The zero-order valence-corrected chi connectivity index (χ0v) is 12.8. The van der Waals surface area contributed by atoms with Gasteiger partial charge in [0, 0.05) is 19.2 Å². The summed E-state index contributed by atoms with van der Waals surface area (Å²) >= 11 is 0. The van der Waals surface area contributed by atoms with Crippen molar-refractivity contribution in [2.45, 2.75) is 18.9 Å². The largest absolute Gasteiger partial charge is 0.477 e. The highest BCUT2D eigenvalue weighted by Crippen LogP contribution is 2.31.